The minimum absolute atomic E-state index is 0.0352. The first-order valence-corrected chi connectivity index (χ1v) is 9.46. The minimum atomic E-state index is -0.0352. The van der Waals surface area contributed by atoms with E-state index in [0.29, 0.717) is 19.0 Å². The predicted octanol–water partition coefficient (Wildman–Crippen LogP) is 2.18. The quantitative estimate of drug-likeness (QED) is 0.912. The van der Waals surface area contributed by atoms with Crippen molar-refractivity contribution in [2.45, 2.75) is 44.6 Å². The van der Waals surface area contributed by atoms with Crippen LogP contribution in [0.4, 0.5) is 0 Å². The zero-order valence-electron chi connectivity index (χ0n) is 14.6. The second-order valence-electron chi connectivity index (χ2n) is 7.86. The van der Waals surface area contributed by atoms with Gasteiger partial charge in [-0.15, -0.1) is 0 Å². The molecule has 1 saturated carbocycles. The number of aromatic hydroxyl groups is 1. The van der Waals surface area contributed by atoms with Crippen LogP contribution in [0.15, 0.2) is 24.3 Å². The number of phenolic OH excluding ortho intramolecular Hbond substituents is 1. The number of phenols is 1. The summed E-state index contributed by atoms with van der Waals surface area (Å²) in [6.07, 6.45) is 5.96. The molecular weight excluding hydrogens is 316 g/mol. The van der Waals surface area contributed by atoms with E-state index in [2.05, 4.69) is 4.90 Å². The molecule has 0 spiro atoms. The Bertz CT molecular complexity index is 671. The maximum Gasteiger partial charge on any atom is 0.227 e. The van der Waals surface area contributed by atoms with Gasteiger partial charge < -0.3 is 14.9 Å². The standard InChI is InChI=1S/C20H26N2O3/c23-18-6-2-5-15(9-18)10-19(24)21-12-16-7-8-17(13-21)22(20(16)25)11-14-3-1-4-14/h2,5-6,9,14,16-17,23H,1,3-4,7-8,10-13H2/t16-,17+/m1/s1. The van der Waals surface area contributed by atoms with E-state index in [0.717, 1.165) is 24.9 Å². The van der Waals surface area contributed by atoms with E-state index in [1.807, 2.05) is 11.0 Å². The molecule has 5 heteroatoms. The average molecular weight is 342 g/mol. The maximum atomic E-state index is 12.8. The summed E-state index contributed by atoms with van der Waals surface area (Å²) in [5.74, 6) is 1.13. The van der Waals surface area contributed by atoms with Crippen molar-refractivity contribution in [1.29, 1.82) is 0 Å². The lowest BCUT2D eigenvalue weighted by Crippen LogP contribution is -2.50. The van der Waals surface area contributed by atoms with Crippen LogP contribution in [-0.4, -0.2) is 52.4 Å². The molecule has 4 fully saturated rings. The van der Waals surface area contributed by atoms with Crippen molar-refractivity contribution < 1.29 is 14.7 Å². The zero-order valence-corrected chi connectivity index (χ0v) is 14.6. The molecule has 0 unspecified atom stereocenters. The number of carbonyl (C=O) groups excluding carboxylic acids is 2. The summed E-state index contributed by atoms with van der Waals surface area (Å²) in [6, 6.07) is 7.04. The first-order valence-electron chi connectivity index (χ1n) is 9.46. The van der Waals surface area contributed by atoms with Crippen LogP contribution >= 0.6 is 0 Å². The molecule has 5 rings (SSSR count). The lowest BCUT2D eigenvalue weighted by atomic mass is 9.83. The molecule has 1 aliphatic carbocycles. The number of piperidine rings is 1. The molecule has 1 N–H and O–H groups in total. The number of nitrogens with zero attached hydrogens (tertiary/aromatic N) is 2. The van der Waals surface area contributed by atoms with E-state index in [1.165, 1.54) is 19.3 Å². The van der Waals surface area contributed by atoms with Gasteiger partial charge in [0, 0.05) is 25.7 Å². The highest BCUT2D eigenvalue weighted by Crippen LogP contribution is 2.34. The van der Waals surface area contributed by atoms with Crippen molar-refractivity contribution in [3.05, 3.63) is 29.8 Å². The van der Waals surface area contributed by atoms with Crippen LogP contribution in [0.2, 0.25) is 0 Å². The Balaban J connectivity index is 1.45. The highest BCUT2D eigenvalue weighted by Gasteiger charge is 2.42. The van der Waals surface area contributed by atoms with Crippen molar-refractivity contribution in [1.82, 2.24) is 9.80 Å². The summed E-state index contributed by atoms with van der Waals surface area (Å²) in [5, 5.41) is 9.58. The van der Waals surface area contributed by atoms with Crippen molar-refractivity contribution in [2.75, 3.05) is 19.6 Å². The summed E-state index contributed by atoms with van der Waals surface area (Å²) in [6.45, 7) is 2.09. The van der Waals surface area contributed by atoms with Crippen molar-refractivity contribution in [2.24, 2.45) is 11.8 Å². The number of rotatable bonds is 4. The van der Waals surface area contributed by atoms with Gasteiger partial charge in [-0.3, -0.25) is 9.59 Å². The van der Waals surface area contributed by atoms with E-state index in [1.54, 1.807) is 18.2 Å². The third-order valence-electron chi connectivity index (χ3n) is 6.09. The van der Waals surface area contributed by atoms with E-state index < -0.39 is 0 Å². The molecule has 134 valence electrons. The van der Waals surface area contributed by atoms with Gasteiger partial charge >= 0.3 is 0 Å². The van der Waals surface area contributed by atoms with E-state index in [9.17, 15) is 14.7 Å². The molecule has 0 radical (unpaired) electrons. The normalized spacial score (nSPS) is 26.5. The van der Waals surface area contributed by atoms with Crippen LogP contribution in [0, 0.1) is 11.8 Å². The van der Waals surface area contributed by atoms with Gasteiger partial charge in [-0.05, 0) is 49.3 Å². The Morgan fingerprint density at radius 3 is 2.72 bits per heavy atom. The number of hydrogen-bond acceptors (Lipinski definition) is 3. The maximum absolute atomic E-state index is 12.8. The van der Waals surface area contributed by atoms with E-state index in [4.69, 9.17) is 0 Å². The second-order valence-corrected chi connectivity index (χ2v) is 7.86. The first kappa shape index (κ1) is 16.4. The molecule has 2 amide bonds. The van der Waals surface area contributed by atoms with Crippen molar-refractivity contribution >= 4 is 11.8 Å². The van der Waals surface area contributed by atoms with Gasteiger partial charge in [0.25, 0.3) is 0 Å². The SMILES string of the molecule is O=C(Cc1cccc(O)c1)N1C[C@H]2CC[C@@H](C1)N(CC1CCC1)C2=O. The molecule has 2 bridgehead atoms. The van der Waals surface area contributed by atoms with Crippen LogP contribution in [-0.2, 0) is 16.0 Å². The fourth-order valence-electron chi connectivity index (χ4n) is 4.39. The largest absolute Gasteiger partial charge is 0.508 e. The lowest BCUT2D eigenvalue weighted by Gasteiger charge is -2.40. The van der Waals surface area contributed by atoms with Crippen LogP contribution in [0.1, 0.15) is 37.7 Å². The lowest BCUT2D eigenvalue weighted by molar-refractivity contribution is -0.141. The average Bonchev–Trinajstić information content (AvgIpc) is 2.83. The Labute approximate surface area is 148 Å². The molecule has 25 heavy (non-hydrogen) atoms. The summed E-state index contributed by atoms with van der Waals surface area (Å²) in [5.41, 5.74) is 0.819. The Morgan fingerprint density at radius 1 is 1.16 bits per heavy atom. The van der Waals surface area contributed by atoms with Crippen LogP contribution < -0.4 is 0 Å². The number of amides is 2. The van der Waals surface area contributed by atoms with Crippen molar-refractivity contribution in [3.63, 3.8) is 0 Å². The third-order valence-corrected chi connectivity index (χ3v) is 6.09. The summed E-state index contributed by atoms with van der Waals surface area (Å²) in [4.78, 5) is 29.5. The molecule has 3 heterocycles. The third kappa shape index (κ3) is 3.37. The summed E-state index contributed by atoms with van der Waals surface area (Å²) in [7, 11) is 0. The van der Waals surface area contributed by atoms with Gasteiger partial charge in [0.1, 0.15) is 5.75 Å². The van der Waals surface area contributed by atoms with Crippen molar-refractivity contribution in [3.8, 4) is 5.75 Å². The van der Waals surface area contributed by atoms with Gasteiger partial charge in [-0.2, -0.15) is 0 Å². The molecule has 2 atom stereocenters. The van der Waals surface area contributed by atoms with E-state index in [-0.39, 0.29) is 35.9 Å². The molecule has 1 aromatic rings. The fourth-order valence-corrected chi connectivity index (χ4v) is 4.39. The van der Waals surface area contributed by atoms with Gasteiger partial charge in [0.05, 0.1) is 12.3 Å². The van der Waals surface area contributed by atoms with Crippen LogP contribution in [0.5, 0.6) is 5.75 Å². The Kier molecular flexibility index (Phi) is 4.40. The molecule has 5 nitrogen and oxygen atoms in total. The number of fused-ring (bicyclic) bond motifs is 4. The van der Waals surface area contributed by atoms with Gasteiger partial charge in [-0.25, -0.2) is 0 Å². The van der Waals surface area contributed by atoms with Crippen LogP contribution in [0.25, 0.3) is 0 Å². The highest BCUT2D eigenvalue weighted by molar-refractivity contribution is 5.84. The number of carbonyl (C=O) groups is 2. The Morgan fingerprint density at radius 2 is 2.00 bits per heavy atom. The minimum Gasteiger partial charge on any atom is -0.508 e. The van der Waals surface area contributed by atoms with Gasteiger partial charge in [0.15, 0.2) is 0 Å². The highest BCUT2D eigenvalue weighted by atomic mass is 16.3. The molecule has 3 aliphatic heterocycles. The summed E-state index contributed by atoms with van der Waals surface area (Å²) < 4.78 is 0. The van der Waals surface area contributed by atoms with Gasteiger partial charge in [0.2, 0.25) is 11.8 Å². The zero-order chi connectivity index (χ0) is 17.4. The second kappa shape index (κ2) is 6.70. The van der Waals surface area contributed by atoms with Gasteiger partial charge in [-0.1, -0.05) is 18.6 Å². The molecule has 0 aromatic heterocycles. The van der Waals surface area contributed by atoms with Crippen LogP contribution in [0.3, 0.4) is 0 Å². The number of hydrogen-bond donors (Lipinski definition) is 1. The molecular formula is C20H26N2O3. The fraction of sp³-hybridized carbons (Fsp3) is 0.600. The monoisotopic (exact) mass is 342 g/mol. The Hall–Kier alpha value is -2.04. The molecule has 4 aliphatic rings. The molecule has 1 aromatic carbocycles. The smallest absolute Gasteiger partial charge is 0.227 e. The molecule has 3 saturated heterocycles. The first-order chi connectivity index (χ1) is 12.1. The van der Waals surface area contributed by atoms with E-state index >= 15 is 0 Å². The summed E-state index contributed by atoms with van der Waals surface area (Å²) >= 11 is 0. The topological polar surface area (TPSA) is 60.9 Å². The predicted molar refractivity (Wildman–Crippen MR) is 94.0 cm³/mol. The number of benzene rings is 1.